The molecule has 94 valence electrons. The van der Waals surface area contributed by atoms with E-state index in [1.165, 1.54) is 12.0 Å². The number of hydrogen-bond acceptors (Lipinski definition) is 2. The molecule has 18 heavy (non-hydrogen) atoms. The molecule has 0 bridgehead atoms. The number of likely N-dealkylation sites (tertiary alicyclic amines) is 1. The maximum atomic E-state index is 4.38. The van der Waals surface area contributed by atoms with Gasteiger partial charge in [0.1, 0.15) is 0 Å². The van der Waals surface area contributed by atoms with E-state index in [2.05, 4.69) is 67.1 Å². The predicted molar refractivity (Wildman–Crippen MR) is 75.3 cm³/mol. The van der Waals surface area contributed by atoms with Crippen LogP contribution in [0.1, 0.15) is 18.0 Å². The SMILES string of the molecule is Brc1cnn(C2CCN(Cc3ccccc3)C2)c1. The Kier molecular flexibility index (Phi) is 3.48. The third-order valence-corrected chi connectivity index (χ3v) is 3.85. The van der Waals surface area contributed by atoms with Crippen LogP contribution in [0.5, 0.6) is 0 Å². The highest BCUT2D eigenvalue weighted by molar-refractivity contribution is 9.10. The van der Waals surface area contributed by atoms with Crippen LogP contribution in [0.4, 0.5) is 0 Å². The van der Waals surface area contributed by atoms with Crippen molar-refractivity contribution in [1.82, 2.24) is 14.7 Å². The number of aromatic nitrogens is 2. The minimum absolute atomic E-state index is 0.514. The molecule has 0 N–H and O–H groups in total. The molecule has 0 amide bonds. The standard InChI is InChI=1S/C14H16BrN3/c15-13-8-16-18(10-13)14-6-7-17(11-14)9-12-4-2-1-3-5-12/h1-5,8,10,14H,6-7,9,11H2. The summed E-state index contributed by atoms with van der Waals surface area (Å²) in [5, 5.41) is 4.38. The first-order valence-electron chi connectivity index (χ1n) is 6.27. The summed E-state index contributed by atoms with van der Waals surface area (Å²) in [6.45, 7) is 3.28. The Morgan fingerprint density at radius 2 is 2.11 bits per heavy atom. The van der Waals surface area contributed by atoms with Gasteiger partial charge in [-0.15, -0.1) is 0 Å². The molecule has 2 heterocycles. The third-order valence-electron chi connectivity index (χ3n) is 3.44. The molecule has 3 rings (SSSR count). The molecule has 0 spiro atoms. The second kappa shape index (κ2) is 5.24. The van der Waals surface area contributed by atoms with Crippen LogP contribution >= 0.6 is 15.9 Å². The zero-order valence-corrected chi connectivity index (χ0v) is 11.8. The highest BCUT2D eigenvalue weighted by Gasteiger charge is 2.24. The molecule has 1 fully saturated rings. The van der Waals surface area contributed by atoms with Crippen LogP contribution in [0, 0.1) is 0 Å². The van der Waals surface area contributed by atoms with E-state index in [4.69, 9.17) is 0 Å². The highest BCUT2D eigenvalue weighted by atomic mass is 79.9. The zero-order valence-electron chi connectivity index (χ0n) is 10.2. The first kappa shape index (κ1) is 11.9. The summed E-state index contributed by atoms with van der Waals surface area (Å²) in [5.41, 5.74) is 1.39. The zero-order chi connectivity index (χ0) is 12.4. The molecule has 1 unspecified atom stereocenters. The van der Waals surface area contributed by atoms with Crippen molar-refractivity contribution in [2.45, 2.75) is 19.0 Å². The van der Waals surface area contributed by atoms with Crippen molar-refractivity contribution >= 4 is 15.9 Å². The number of hydrogen-bond donors (Lipinski definition) is 0. The Morgan fingerprint density at radius 3 is 2.83 bits per heavy atom. The fourth-order valence-corrected chi connectivity index (χ4v) is 2.83. The Bertz CT molecular complexity index is 509. The quantitative estimate of drug-likeness (QED) is 0.869. The van der Waals surface area contributed by atoms with Gasteiger partial charge in [0.05, 0.1) is 16.7 Å². The van der Waals surface area contributed by atoms with Gasteiger partial charge in [0.25, 0.3) is 0 Å². The molecule has 3 nitrogen and oxygen atoms in total. The van der Waals surface area contributed by atoms with Crippen molar-refractivity contribution in [2.75, 3.05) is 13.1 Å². The van der Waals surface area contributed by atoms with Crippen LogP contribution < -0.4 is 0 Å². The maximum Gasteiger partial charge on any atom is 0.0658 e. The fraction of sp³-hybridized carbons (Fsp3) is 0.357. The first-order chi connectivity index (χ1) is 8.81. The molecule has 4 heteroatoms. The monoisotopic (exact) mass is 305 g/mol. The van der Waals surface area contributed by atoms with E-state index in [9.17, 15) is 0 Å². The van der Waals surface area contributed by atoms with Gasteiger partial charge in [-0.05, 0) is 27.9 Å². The lowest BCUT2D eigenvalue weighted by molar-refractivity contribution is 0.311. The lowest BCUT2D eigenvalue weighted by atomic mass is 10.2. The Labute approximate surface area is 116 Å². The molecule has 1 aromatic heterocycles. The lowest BCUT2D eigenvalue weighted by Crippen LogP contribution is -2.21. The van der Waals surface area contributed by atoms with Crippen LogP contribution in [-0.4, -0.2) is 27.8 Å². The summed E-state index contributed by atoms with van der Waals surface area (Å²) in [4.78, 5) is 2.50. The van der Waals surface area contributed by atoms with Crippen molar-refractivity contribution in [1.29, 1.82) is 0 Å². The van der Waals surface area contributed by atoms with Crippen molar-refractivity contribution in [3.8, 4) is 0 Å². The molecule has 2 aromatic rings. The molecular formula is C14H16BrN3. The van der Waals surface area contributed by atoms with Crippen LogP contribution in [0.2, 0.25) is 0 Å². The summed E-state index contributed by atoms with van der Waals surface area (Å²) in [6.07, 6.45) is 5.11. The minimum atomic E-state index is 0.514. The van der Waals surface area contributed by atoms with Gasteiger partial charge < -0.3 is 0 Å². The van der Waals surface area contributed by atoms with Crippen LogP contribution in [0.3, 0.4) is 0 Å². The van der Waals surface area contributed by atoms with Gasteiger partial charge in [-0.3, -0.25) is 9.58 Å². The summed E-state index contributed by atoms with van der Waals surface area (Å²) in [5.74, 6) is 0. The normalized spacial score (nSPS) is 20.4. The predicted octanol–water partition coefficient (Wildman–Crippen LogP) is 3.09. The number of rotatable bonds is 3. The number of benzene rings is 1. The topological polar surface area (TPSA) is 21.1 Å². The van der Waals surface area contributed by atoms with Gasteiger partial charge >= 0.3 is 0 Å². The van der Waals surface area contributed by atoms with Crippen molar-refractivity contribution in [3.63, 3.8) is 0 Å². The smallest absolute Gasteiger partial charge is 0.0658 e. The molecule has 0 aliphatic carbocycles. The van der Waals surface area contributed by atoms with Gasteiger partial charge in [0.2, 0.25) is 0 Å². The van der Waals surface area contributed by atoms with Gasteiger partial charge in [-0.25, -0.2) is 0 Å². The van der Waals surface area contributed by atoms with E-state index in [1.807, 2.05) is 6.20 Å². The maximum absolute atomic E-state index is 4.38. The minimum Gasteiger partial charge on any atom is -0.297 e. The van der Waals surface area contributed by atoms with E-state index in [0.717, 1.165) is 24.1 Å². The average Bonchev–Trinajstić information content (AvgIpc) is 2.99. The second-order valence-corrected chi connectivity index (χ2v) is 5.72. The Morgan fingerprint density at radius 1 is 1.28 bits per heavy atom. The van der Waals surface area contributed by atoms with Gasteiger partial charge in [-0.2, -0.15) is 5.10 Å². The summed E-state index contributed by atoms with van der Waals surface area (Å²) >= 11 is 3.45. The molecule has 1 aliphatic heterocycles. The van der Waals surface area contributed by atoms with E-state index in [0.29, 0.717) is 6.04 Å². The largest absolute Gasteiger partial charge is 0.297 e. The van der Waals surface area contributed by atoms with Gasteiger partial charge in [-0.1, -0.05) is 30.3 Å². The summed E-state index contributed by atoms with van der Waals surface area (Å²) in [7, 11) is 0. The second-order valence-electron chi connectivity index (χ2n) is 4.80. The van der Waals surface area contributed by atoms with Crippen LogP contribution in [0.25, 0.3) is 0 Å². The lowest BCUT2D eigenvalue weighted by Gasteiger charge is -2.16. The Balaban J connectivity index is 1.62. The molecule has 1 aliphatic rings. The summed E-state index contributed by atoms with van der Waals surface area (Å²) in [6, 6.07) is 11.2. The molecule has 1 saturated heterocycles. The van der Waals surface area contributed by atoms with Crippen molar-refractivity contribution in [2.24, 2.45) is 0 Å². The van der Waals surface area contributed by atoms with E-state index >= 15 is 0 Å². The molecule has 0 radical (unpaired) electrons. The number of nitrogens with zero attached hydrogens (tertiary/aromatic N) is 3. The first-order valence-corrected chi connectivity index (χ1v) is 7.06. The molecule has 1 atom stereocenters. The molecule has 1 aromatic carbocycles. The van der Waals surface area contributed by atoms with E-state index in [-0.39, 0.29) is 0 Å². The van der Waals surface area contributed by atoms with E-state index in [1.54, 1.807) is 0 Å². The molecule has 0 saturated carbocycles. The highest BCUT2D eigenvalue weighted by Crippen LogP contribution is 2.23. The Hall–Kier alpha value is -1.13. The third kappa shape index (κ3) is 2.65. The van der Waals surface area contributed by atoms with Crippen LogP contribution in [-0.2, 0) is 6.54 Å². The van der Waals surface area contributed by atoms with Crippen LogP contribution in [0.15, 0.2) is 47.2 Å². The fourth-order valence-electron chi connectivity index (χ4n) is 2.53. The average molecular weight is 306 g/mol. The summed E-state index contributed by atoms with van der Waals surface area (Å²) < 4.78 is 3.14. The molecular weight excluding hydrogens is 290 g/mol. The van der Waals surface area contributed by atoms with Crippen molar-refractivity contribution in [3.05, 3.63) is 52.8 Å². The van der Waals surface area contributed by atoms with Gasteiger partial charge in [0, 0.05) is 25.8 Å². The number of halogens is 1. The van der Waals surface area contributed by atoms with E-state index < -0.39 is 0 Å². The van der Waals surface area contributed by atoms with Crippen molar-refractivity contribution < 1.29 is 0 Å². The van der Waals surface area contributed by atoms with Gasteiger partial charge in [0.15, 0.2) is 0 Å².